The van der Waals surface area contributed by atoms with Gasteiger partial charge in [-0.2, -0.15) is 0 Å². The van der Waals surface area contributed by atoms with Crippen LogP contribution in [0.5, 0.6) is 5.75 Å². The molecule has 0 fully saturated rings. The van der Waals surface area contributed by atoms with E-state index in [-0.39, 0.29) is 17.6 Å². The lowest BCUT2D eigenvalue weighted by molar-refractivity contribution is 0.0729. The number of nitrogens with one attached hydrogen (secondary N) is 1. The maximum atomic E-state index is 13.2. The van der Waals surface area contributed by atoms with Crippen molar-refractivity contribution >= 4 is 17.5 Å². The van der Waals surface area contributed by atoms with Gasteiger partial charge in [0.1, 0.15) is 23.1 Å². The summed E-state index contributed by atoms with van der Waals surface area (Å²) in [5, 5.41) is 2.91. The first-order chi connectivity index (χ1) is 17.0. The molecular formula is C28H23FN2O4. The number of fused-ring (bicyclic) bond motifs is 1. The minimum absolute atomic E-state index is 0.139. The lowest BCUT2D eigenvalue weighted by Crippen LogP contribution is -2.35. The van der Waals surface area contributed by atoms with Crippen LogP contribution in [0.1, 0.15) is 32.0 Å². The van der Waals surface area contributed by atoms with Gasteiger partial charge in [-0.05, 0) is 54.6 Å². The normalized spacial score (nSPS) is 12.7. The Hall–Kier alpha value is -4.39. The number of benzene rings is 3. The molecule has 5 rings (SSSR count). The van der Waals surface area contributed by atoms with Crippen LogP contribution in [-0.2, 0) is 13.0 Å². The molecule has 4 aromatic rings. The summed E-state index contributed by atoms with van der Waals surface area (Å²) in [5.74, 6) is 1.22. The minimum Gasteiger partial charge on any atom is -0.496 e. The quantitative estimate of drug-likeness (QED) is 0.415. The third kappa shape index (κ3) is 4.66. The molecule has 0 saturated heterocycles. The predicted molar refractivity (Wildman–Crippen MR) is 130 cm³/mol. The zero-order valence-electron chi connectivity index (χ0n) is 19.1. The van der Waals surface area contributed by atoms with Crippen molar-refractivity contribution in [3.8, 4) is 17.1 Å². The molecule has 1 aliphatic heterocycles. The summed E-state index contributed by atoms with van der Waals surface area (Å²) < 4.78 is 24.6. The summed E-state index contributed by atoms with van der Waals surface area (Å²) >= 11 is 0. The molecule has 2 amide bonds. The molecule has 0 atom stereocenters. The standard InChI is InChI=1S/C28H23FN2O4/c1-34-25-8-3-2-7-23(25)27(32)30-22-6-4-5-19(15-22)26-16-20-17-31(14-13-24(20)35-26)28(33)18-9-11-21(29)12-10-18/h2-12,15-16H,13-14,17H2,1H3,(H,30,32). The number of nitrogens with zero attached hydrogens (tertiary/aromatic N) is 1. The minimum atomic E-state index is -0.372. The Bertz CT molecular complexity index is 1390. The van der Waals surface area contributed by atoms with Gasteiger partial charge in [0.2, 0.25) is 0 Å². The Morgan fingerprint density at radius 2 is 1.80 bits per heavy atom. The first-order valence-corrected chi connectivity index (χ1v) is 11.2. The molecule has 1 aromatic heterocycles. The van der Waals surface area contributed by atoms with E-state index in [1.807, 2.05) is 36.4 Å². The second-order valence-electron chi connectivity index (χ2n) is 8.28. The van der Waals surface area contributed by atoms with Crippen LogP contribution in [0.15, 0.2) is 83.3 Å². The Kier molecular flexibility index (Phi) is 6.06. The van der Waals surface area contributed by atoms with E-state index < -0.39 is 0 Å². The highest BCUT2D eigenvalue weighted by Crippen LogP contribution is 2.31. The molecule has 0 radical (unpaired) electrons. The van der Waals surface area contributed by atoms with Crippen molar-refractivity contribution in [2.45, 2.75) is 13.0 Å². The number of carbonyl (C=O) groups is 2. The number of anilines is 1. The Balaban J connectivity index is 1.33. The zero-order valence-corrected chi connectivity index (χ0v) is 19.1. The van der Waals surface area contributed by atoms with E-state index in [4.69, 9.17) is 9.15 Å². The van der Waals surface area contributed by atoms with Crippen LogP contribution < -0.4 is 10.1 Å². The van der Waals surface area contributed by atoms with Gasteiger partial charge in [0.15, 0.2) is 0 Å². The van der Waals surface area contributed by atoms with Crippen LogP contribution >= 0.6 is 0 Å². The van der Waals surface area contributed by atoms with E-state index in [0.717, 1.165) is 16.9 Å². The van der Waals surface area contributed by atoms with Crippen molar-refractivity contribution < 1.29 is 23.1 Å². The number of amides is 2. The van der Waals surface area contributed by atoms with E-state index >= 15 is 0 Å². The van der Waals surface area contributed by atoms with Crippen LogP contribution in [0.2, 0.25) is 0 Å². The maximum Gasteiger partial charge on any atom is 0.259 e. The van der Waals surface area contributed by atoms with Gasteiger partial charge >= 0.3 is 0 Å². The molecule has 0 saturated carbocycles. The van der Waals surface area contributed by atoms with Crippen molar-refractivity contribution in [2.24, 2.45) is 0 Å². The number of methoxy groups -OCH3 is 1. The van der Waals surface area contributed by atoms with Crippen LogP contribution in [0.4, 0.5) is 10.1 Å². The average Bonchev–Trinajstić information content (AvgIpc) is 3.32. The second-order valence-corrected chi connectivity index (χ2v) is 8.28. The van der Waals surface area contributed by atoms with Gasteiger partial charge in [-0.1, -0.05) is 24.3 Å². The Labute approximate surface area is 201 Å². The third-order valence-corrected chi connectivity index (χ3v) is 6.00. The van der Waals surface area contributed by atoms with Crippen molar-refractivity contribution in [1.82, 2.24) is 4.90 Å². The average molecular weight is 471 g/mol. The predicted octanol–water partition coefficient (Wildman–Crippen LogP) is 5.55. The smallest absolute Gasteiger partial charge is 0.259 e. The third-order valence-electron chi connectivity index (χ3n) is 6.00. The fourth-order valence-electron chi connectivity index (χ4n) is 4.20. The molecule has 0 bridgehead atoms. The highest BCUT2D eigenvalue weighted by atomic mass is 19.1. The first-order valence-electron chi connectivity index (χ1n) is 11.2. The molecule has 1 N–H and O–H groups in total. The molecule has 0 aliphatic carbocycles. The summed E-state index contributed by atoms with van der Waals surface area (Å²) in [5.41, 5.74) is 3.27. The SMILES string of the molecule is COc1ccccc1C(=O)Nc1cccc(-c2cc3c(o2)CCN(C(=O)c2ccc(F)cc2)C3)c1. The summed E-state index contributed by atoms with van der Waals surface area (Å²) in [4.78, 5) is 27.3. The topological polar surface area (TPSA) is 71.8 Å². The zero-order chi connectivity index (χ0) is 24.4. The van der Waals surface area contributed by atoms with Crippen molar-refractivity contribution in [1.29, 1.82) is 0 Å². The molecule has 2 heterocycles. The van der Waals surface area contributed by atoms with Crippen LogP contribution in [0.3, 0.4) is 0 Å². The number of furan rings is 1. The molecule has 0 unspecified atom stereocenters. The molecule has 35 heavy (non-hydrogen) atoms. The van der Waals surface area contributed by atoms with Gasteiger partial charge < -0.3 is 19.4 Å². The lowest BCUT2D eigenvalue weighted by Gasteiger charge is -2.26. The van der Waals surface area contributed by atoms with E-state index in [1.165, 1.54) is 31.4 Å². The largest absolute Gasteiger partial charge is 0.496 e. The number of hydrogen-bond acceptors (Lipinski definition) is 4. The molecule has 6 nitrogen and oxygen atoms in total. The molecule has 1 aliphatic rings. The molecule has 0 spiro atoms. The summed E-state index contributed by atoms with van der Waals surface area (Å²) in [6.45, 7) is 0.935. The number of para-hydroxylation sites is 1. The number of ether oxygens (including phenoxy) is 1. The van der Waals surface area contributed by atoms with Gasteiger partial charge in [0, 0.05) is 41.9 Å². The Morgan fingerprint density at radius 1 is 1.00 bits per heavy atom. The van der Waals surface area contributed by atoms with Crippen molar-refractivity contribution in [2.75, 3.05) is 19.0 Å². The van der Waals surface area contributed by atoms with Crippen molar-refractivity contribution in [3.63, 3.8) is 0 Å². The van der Waals surface area contributed by atoms with E-state index in [9.17, 15) is 14.0 Å². The Morgan fingerprint density at radius 3 is 2.60 bits per heavy atom. The van der Waals surface area contributed by atoms with Crippen LogP contribution in [-0.4, -0.2) is 30.4 Å². The fourth-order valence-corrected chi connectivity index (χ4v) is 4.20. The monoisotopic (exact) mass is 470 g/mol. The van der Waals surface area contributed by atoms with Crippen molar-refractivity contribution in [3.05, 3.63) is 107 Å². The molecular weight excluding hydrogens is 447 g/mol. The van der Waals surface area contributed by atoms with Gasteiger partial charge in [0.25, 0.3) is 11.8 Å². The second kappa shape index (κ2) is 9.46. The maximum absolute atomic E-state index is 13.2. The summed E-state index contributed by atoms with van der Waals surface area (Å²) in [6, 6.07) is 22.0. The highest BCUT2D eigenvalue weighted by Gasteiger charge is 2.25. The highest BCUT2D eigenvalue weighted by molar-refractivity contribution is 6.06. The number of hydrogen-bond donors (Lipinski definition) is 1. The van der Waals surface area contributed by atoms with Crippen LogP contribution in [0.25, 0.3) is 11.3 Å². The number of carbonyl (C=O) groups excluding carboxylic acids is 2. The molecule has 3 aromatic carbocycles. The molecule has 7 heteroatoms. The van der Waals surface area contributed by atoms with Gasteiger partial charge in [-0.3, -0.25) is 9.59 Å². The number of rotatable bonds is 5. The van der Waals surface area contributed by atoms with Gasteiger partial charge in [-0.25, -0.2) is 4.39 Å². The summed E-state index contributed by atoms with van der Waals surface area (Å²) in [7, 11) is 1.53. The first kappa shape index (κ1) is 22.4. The summed E-state index contributed by atoms with van der Waals surface area (Å²) in [6.07, 6.45) is 0.590. The van der Waals surface area contributed by atoms with Crippen LogP contribution in [0, 0.1) is 5.82 Å². The fraction of sp³-hybridized carbons (Fsp3) is 0.143. The van der Waals surface area contributed by atoms with E-state index in [0.29, 0.717) is 47.8 Å². The lowest BCUT2D eigenvalue weighted by atomic mass is 10.1. The van der Waals surface area contributed by atoms with Gasteiger partial charge in [-0.15, -0.1) is 0 Å². The number of halogens is 1. The van der Waals surface area contributed by atoms with E-state index in [2.05, 4.69) is 5.32 Å². The van der Waals surface area contributed by atoms with E-state index in [1.54, 1.807) is 23.1 Å². The van der Waals surface area contributed by atoms with Gasteiger partial charge in [0.05, 0.1) is 12.7 Å². The molecule has 176 valence electrons.